The molecule has 0 aromatic rings. The molecule has 2 N–H and O–H groups in total. The first kappa shape index (κ1) is 17.4. The van der Waals surface area contributed by atoms with E-state index in [4.69, 9.17) is 5.73 Å². The Labute approximate surface area is 124 Å². The van der Waals surface area contributed by atoms with Crippen molar-refractivity contribution in [2.45, 2.75) is 53.0 Å². The lowest BCUT2D eigenvalue weighted by atomic mass is 9.93. The largest absolute Gasteiger partial charge is 0.341 e. The Balaban J connectivity index is 2.40. The van der Waals surface area contributed by atoms with Crippen LogP contribution in [0.4, 0.5) is 0 Å². The Bertz CT molecular complexity index is 283. The van der Waals surface area contributed by atoms with E-state index in [1.165, 1.54) is 6.54 Å². The highest BCUT2D eigenvalue weighted by molar-refractivity contribution is 5.82. The van der Waals surface area contributed by atoms with Crippen LogP contribution >= 0.6 is 0 Å². The Morgan fingerprint density at radius 1 is 1.25 bits per heavy atom. The average molecular weight is 283 g/mol. The summed E-state index contributed by atoms with van der Waals surface area (Å²) in [6.45, 7) is 13.8. The van der Waals surface area contributed by atoms with E-state index in [1.807, 2.05) is 4.90 Å². The van der Waals surface area contributed by atoms with Crippen LogP contribution in [-0.2, 0) is 4.79 Å². The van der Waals surface area contributed by atoms with Gasteiger partial charge in [-0.3, -0.25) is 4.79 Å². The minimum Gasteiger partial charge on any atom is -0.341 e. The van der Waals surface area contributed by atoms with Gasteiger partial charge >= 0.3 is 0 Å². The van der Waals surface area contributed by atoms with Crippen molar-refractivity contribution in [2.24, 2.45) is 17.6 Å². The summed E-state index contributed by atoms with van der Waals surface area (Å²) in [5.74, 6) is 1.16. The highest BCUT2D eigenvalue weighted by atomic mass is 16.2. The van der Waals surface area contributed by atoms with Crippen molar-refractivity contribution < 1.29 is 4.79 Å². The van der Waals surface area contributed by atoms with E-state index in [1.54, 1.807) is 0 Å². The predicted molar refractivity (Wildman–Crippen MR) is 84.5 cm³/mol. The van der Waals surface area contributed by atoms with Gasteiger partial charge in [-0.15, -0.1) is 0 Å². The van der Waals surface area contributed by atoms with Gasteiger partial charge in [-0.1, -0.05) is 34.1 Å². The predicted octanol–water partition coefficient (Wildman–Crippen LogP) is 1.94. The highest BCUT2D eigenvalue weighted by Crippen LogP contribution is 2.20. The zero-order chi connectivity index (χ0) is 15.1. The van der Waals surface area contributed by atoms with Crippen molar-refractivity contribution in [3.05, 3.63) is 0 Å². The monoisotopic (exact) mass is 283 g/mol. The molecule has 1 rings (SSSR count). The Hall–Kier alpha value is -0.610. The number of amides is 1. The van der Waals surface area contributed by atoms with Crippen molar-refractivity contribution in [2.75, 3.05) is 32.7 Å². The molecule has 20 heavy (non-hydrogen) atoms. The Morgan fingerprint density at radius 3 is 2.25 bits per heavy atom. The van der Waals surface area contributed by atoms with Crippen molar-refractivity contribution in [1.82, 2.24) is 9.80 Å². The molecule has 1 aliphatic heterocycles. The van der Waals surface area contributed by atoms with E-state index in [0.29, 0.717) is 0 Å². The van der Waals surface area contributed by atoms with E-state index < -0.39 is 0 Å². The maximum Gasteiger partial charge on any atom is 0.239 e. The lowest BCUT2D eigenvalue weighted by Crippen LogP contribution is -2.50. The smallest absolute Gasteiger partial charge is 0.239 e. The maximum absolute atomic E-state index is 12.3. The Kier molecular flexibility index (Phi) is 7.52. The van der Waals surface area contributed by atoms with E-state index in [9.17, 15) is 4.79 Å². The number of carbonyl (C=O) groups is 1. The van der Waals surface area contributed by atoms with Gasteiger partial charge in [-0.05, 0) is 37.8 Å². The van der Waals surface area contributed by atoms with Crippen LogP contribution in [0.3, 0.4) is 0 Å². The van der Waals surface area contributed by atoms with Gasteiger partial charge in [-0.2, -0.15) is 0 Å². The first-order chi connectivity index (χ1) is 9.53. The van der Waals surface area contributed by atoms with Crippen LogP contribution in [0, 0.1) is 11.8 Å². The average Bonchev–Trinajstić information content (AvgIpc) is 2.50. The lowest BCUT2D eigenvalue weighted by Gasteiger charge is -2.36. The summed E-state index contributed by atoms with van der Waals surface area (Å²) in [5, 5.41) is 0. The molecule has 0 aromatic heterocycles. The number of carbonyl (C=O) groups excluding carboxylic acids is 1. The molecule has 0 radical (unpaired) electrons. The van der Waals surface area contributed by atoms with Gasteiger partial charge < -0.3 is 15.5 Å². The van der Waals surface area contributed by atoms with Crippen LogP contribution in [0.25, 0.3) is 0 Å². The lowest BCUT2D eigenvalue weighted by molar-refractivity contribution is -0.135. The minimum atomic E-state index is -0.320. The van der Waals surface area contributed by atoms with Crippen LogP contribution in [0.2, 0.25) is 0 Å². The summed E-state index contributed by atoms with van der Waals surface area (Å²) in [4.78, 5) is 16.8. The fraction of sp³-hybridized carbons (Fsp3) is 0.938. The van der Waals surface area contributed by atoms with Crippen molar-refractivity contribution in [3.8, 4) is 0 Å². The molecule has 4 nitrogen and oxygen atoms in total. The molecule has 1 aliphatic rings. The third-order valence-electron chi connectivity index (χ3n) is 4.88. The summed E-state index contributed by atoms with van der Waals surface area (Å²) >= 11 is 0. The fourth-order valence-corrected chi connectivity index (χ4v) is 2.89. The van der Waals surface area contributed by atoms with E-state index in [2.05, 4.69) is 32.6 Å². The van der Waals surface area contributed by atoms with E-state index in [0.717, 1.165) is 51.4 Å². The topological polar surface area (TPSA) is 49.6 Å². The highest BCUT2D eigenvalue weighted by Gasteiger charge is 2.28. The second kappa shape index (κ2) is 8.63. The minimum absolute atomic E-state index is 0.153. The normalized spacial score (nSPS) is 20.2. The quantitative estimate of drug-likeness (QED) is 0.777. The summed E-state index contributed by atoms with van der Waals surface area (Å²) in [6.07, 6.45) is 3.20. The first-order valence-corrected chi connectivity index (χ1v) is 8.30. The molecule has 0 bridgehead atoms. The van der Waals surface area contributed by atoms with Crippen molar-refractivity contribution in [1.29, 1.82) is 0 Å². The van der Waals surface area contributed by atoms with Crippen LogP contribution < -0.4 is 5.73 Å². The zero-order valence-electron chi connectivity index (χ0n) is 13.8. The van der Waals surface area contributed by atoms with Gasteiger partial charge in [0, 0.05) is 19.6 Å². The third-order valence-corrected chi connectivity index (χ3v) is 4.88. The number of piperidine rings is 1. The number of rotatable bonds is 7. The molecular weight excluding hydrogens is 250 g/mol. The number of hydrogen-bond acceptors (Lipinski definition) is 3. The SMILES string of the molecule is CCC(C)C(N)C(=O)N1CCC(CN(CC)CC)CC1. The number of nitrogens with two attached hydrogens (primary N) is 1. The summed E-state index contributed by atoms with van der Waals surface area (Å²) in [7, 11) is 0. The van der Waals surface area contributed by atoms with Crippen molar-refractivity contribution in [3.63, 3.8) is 0 Å². The molecule has 118 valence electrons. The van der Waals surface area contributed by atoms with E-state index >= 15 is 0 Å². The molecule has 1 saturated heterocycles. The second-order valence-electron chi connectivity index (χ2n) is 6.17. The van der Waals surface area contributed by atoms with E-state index in [-0.39, 0.29) is 17.9 Å². The van der Waals surface area contributed by atoms with Gasteiger partial charge in [-0.25, -0.2) is 0 Å². The molecule has 1 fully saturated rings. The Morgan fingerprint density at radius 2 is 1.80 bits per heavy atom. The summed E-state index contributed by atoms with van der Waals surface area (Å²) in [5.41, 5.74) is 6.06. The molecular formula is C16H33N3O. The summed E-state index contributed by atoms with van der Waals surface area (Å²) < 4.78 is 0. The zero-order valence-corrected chi connectivity index (χ0v) is 13.8. The number of nitrogens with zero attached hydrogens (tertiary/aromatic N) is 2. The molecule has 0 saturated carbocycles. The van der Waals surface area contributed by atoms with Gasteiger partial charge in [0.1, 0.15) is 0 Å². The third kappa shape index (κ3) is 4.74. The number of hydrogen-bond donors (Lipinski definition) is 1. The molecule has 1 heterocycles. The van der Waals surface area contributed by atoms with Crippen LogP contribution in [0.1, 0.15) is 47.0 Å². The fourth-order valence-electron chi connectivity index (χ4n) is 2.89. The molecule has 0 aromatic carbocycles. The van der Waals surface area contributed by atoms with Crippen LogP contribution in [-0.4, -0.2) is 54.5 Å². The van der Waals surface area contributed by atoms with Gasteiger partial charge in [0.05, 0.1) is 6.04 Å². The molecule has 2 atom stereocenters. The molecule has 1 amide bonds. The van der Waals surface area contributed by atoms with Crippen molar-refractivity contribution >= 4 is 5.91 Å². The molecule has 4 heteroatoms. The van der Waals surface area contributed by atoms with Gasteiger partial charge in [0.25, 0.3) is 0 Å². The maximum atomic E-state index is 12.3. The molecule has 2 unspecified atom stereocenters. The van der Waals surface area contributed by atoms with Crippen LogP contribution in [0.5, 0.6) is 0 Å². The molecule has 0 aliphatic carbocycles. The standard InChI is InChI=1S/C16H33N3O/c1-5-13(4)15(17)16(20)19-10-8-14(9-11-19)12-18(6-2)7-3/h13-15H,5-12,17H2,1-4H3. The van der Waals surface area contributed by atoms with Gasteiger partial charge in [0.2, 0.25) is 5.91 Å². The summed E-state index contributed by atoms with van der Waals surface area (Å²) in [6, 6.07) is -0.320. The van der Waals surface area contributed by atoms with Gasteiger partial charge in [0.15, 0.2) is 0 Å². The van der Waals surface area contributed by atoms with Crippen LogP contribution in [0.15, 0.2) is 0 Å². The second-order valence-corrected chi connectivity index (χ2v) is 6.17. The number of likely N-dealkylation sites (tertiary alicyclic amines) is 1. The molecule has 0 spiro atoms. The first-order valence-electron chi connectivity index (χ1n) is 8.30.